The minimum absolute atomic E-state index is 0.0102. The molecule has 1 heterocycles. The maximum atomic E-state index is 12.0. The van der Waals surface area contributed by atoms with Crippen molar-refractivity contribution in [3.05, 3.63) is 16.3 Å². The van der Waals surface area contributed by atoms with Crippen LogP contribution in [-0.2, 0) is 0 Å². The molecule has 1 rings (SSSR count). The van der Waals surface area contributed by atoms with Crippen molar-refractivity contribution in [3.63, 3.8) is 0 Å². The summed E-state index contributed by atoms with van der Waals surface area (Å²) in [5.41, 5.74) is 0. The lowest BCUT2D eigenvalue weighted by Crippen LogP contribution is -2.36. The zero-order valence-corrected chi connectivity index (χ0v) is 11.9. The highest BCUT2D eigenvalue weighted by Crippen LogP contribution is 2.24. The number of halogens is 1. The minimum Gasteiger partial charge on any atom is -0.495 e. The maximum absolute atomic E-state index is 12.0. The van der Waals surface area contributed by atoms with Gasteiger partial charge in [0.2, 0.25) is 0 Å². The van der Waals surface area contributed by atoms with Gasteiger partial charge in [0.15, 0.2) is 0 Å². The van der Waals surface area contributed by atoms with Crippen molar-refractivity contribution in [2.24, 2.45) is 5.92 Å². The van der Waals surface area contributed by atoms with Crippen molar-refractivity contribution in [1.29, 1.82) is 0 Å². The predicted molar refractivity (Wildman–Crippen MR) is 72.3 cm³/mol. The van der Waals surface area contributed by atoms with E-state index < -0.39 is 0 Å². The molecule has 0 fully saturated rings. The van der Waals surface area contributed by atoms with Crippen LogP contribution in [-0.4, -0.2) is 24.9 Å². The Kier molecular flexibility index (Phi) is 5.78. The van der Waals surface area contributed by atoms with Crippen molar-refractivity contribution < 1.29 is 9.53 Å². The van der Waals surface area contributed by atoms with Gasteiger partial charge in [-0.15, -0.1) is 22.9 Å². The fraction of sp³-hybridized carbons (Fsp3) is 0.583. The van der Waals surface area contributed by atoms with Gasteiger partial charge in [-0.25, -0.2) is 0 Å². The summed E-state index contributed by atoms with van der Waals surface area (Å²) in [6.07, 6.45) is 0.878. The van der Waals surface area contributed by atoms with Gasteiger partial charge in [-0.2, -0.15) is 0 Å². The fourth-order valence-electron chi connectivity index (χ4n) is 1.60. The first kappa shape index (κ1) is 14.3. The molecule has 0 saturated heterocycles. The molecule has 0 bridgehead atoms. The summed E-state index contributed by atoms with van der Waals surface area (Å²) in [6.45, 7) is 4.22. The Morgan fingerprint density at radius 1 is 1.59 bits per heavy atom. The summed E-state index contributed by atoms with van der Waals surface area (Å²) >= 11 is 7.22. The molecular weight excluding hydrogens is 258 g/mol. The van der Waals surface area contributed by atoms with E-state index in [-0.39, 0.29) is 11.9 Å². The molecule has 0 radical (unpaired) electrons. The van der Waals surface area contributed by atoms with E-state index in [0.717, 1.165) is 6.42 Å². The SMILES string of the molecule is COc1ccsc1C(=O)NC(CCl)CC(C)C. The lowest BCUT2D eigenvalue weighted by molar-refractivity contribution is 0.0938. The third-order valence-electron chi connectivity index (χ3n) is 2.33. The molecule has 1 aromatic rings. The molecule has 3 nitrogen and oxygen atoms in total. The Labute approximate surface area is 111 Å². The van der Waals surface area contributed by atoms with Crippen LogP contribution in [0, 0.1) is 5.92 Å². The van der Waals surface area contributed by atoms with E-state index in [1.54, 1.807) is 13.2 Å². The second kappa shape index (κ2) is 6.87. The number of rotatable bonds is 6. The van der Waals surface area contributed by atoms with Gasteiger partial charge in [0.1, 0.15) is 10.6 Å². The van der Waals surface area contributed by atoms with Crippen LogP contribution >= 0.6 is 22.9 Å². The number of amides is 1. The van der Waals surface area contributed by atoms with E-state index in [2.05, 4.69) is 19.2 Å². The lowest BCUT2D eigenvalue weighted by Gasteiger charge is -2.17. The van der Waals surface area contributed by atoms with Crippen LogP contribution in [0.25, 0.3) is 0 Å². The topological polar surface area (TPSA) is 38.3 Å². The number of alkyl halides is 1. The Hall–Kier alpha value is -0.740. The van der Waals surface area contributed by atoms with Crippen molar-refractivity contribution >= 4 is 28.8 Å². The third kappa shape index (κ3) is 4.21. The van der Waals surface area contributed by atoms with Gasteiger partial charge in [-0.1, -0.05) is 13.8 Å². The quantitative estimate of drug-likeness (QED) is 0.810. The number of carbonyl (C=O) groups is 1. The lowest BCUT2D eigenvalue weighted by atomic mass is 10.1. The van der Waals surface area contributed by atoms with E-state index in [1.807, 2.05) is 5.38 Å². The Balaban J connectivity index is 2.64. The molecule has 0 aliphatic rings. The van der Waals surface area contributed by atoms with Crippen LogP contribution in [0.3, 0.4) is 0 Å². The summed E-state index contributed by atoms with van der Waals surface area (Å²) in [6, 6.07) is 1.80. The largest absolute Gasteiger partial charge is 0.495 e. The molecule has 1 atom stereocenters. The molecule has 1 amide bonds. The zero-order chi connectivity index (χ0) is 12.8. The molecule has 96 valence electrons. The standard InChI is InChI=1S/C12H18ClNO2S/c1-8(2)6-9(7-13)14-12(15)11-10(16-3)4-5-17-11/h4-5,8-9H,6-7H2,1-3H3,(H,14,15). The second-order valence-corrected chi connectivity index (χ2v) is 5.50. The van der Waals surface area contributed by atoms with Gasteiger partial charge in [-0.05, 0) is 23.8 Å². The number of carbonyl (C=O) groups excluding carboxylic acids is 1. The van der Waals surface area contributed by atoms with Crippen molar-refractivity contribution in [1.82, 2.24) is 5.32 Å². The minimum atomic E-state index is -0.108. The van der Waals surface area contributed by atoms with Gasteiger partial charge >= 0.3 is 0 Å². The van der Waals surface area contributed by atoms with E-state index in [0.29, 0.717) is 22.4 Å². The van der Waals surface area contributed by atoms with Gasteiger partial charge in [0.05, 0.1) is 7.11 Å². The summed E-state index contributed by atoms with van der Waals surface area (Å²) in [4.78, 5) is 12.6. The zero-order valence-electron chi connectivity index (χ0n) is 10.3. The van der Waals surface area contributed by atoms with E-state index in [9.17, 15) is 4.79 Å². The van der Waals surface area contributed by atoms with Gasteiger partial charge in [0.25, 0.3) is 5.91 Å². The Morgan fingerprint density at radius 2 is 2.29 bits per heavy atom. The smallest absolute Gasteiger partial charge is 0.265 e. The fourth-order valence-corrected chi connectivity index (χ4v) is 2.57. The molecule has 5 heteroatoms. The van der Waals surface area contributed by atoms with Crippen LogP contribution in [0.2, 0.25) is 0 Å². The number of thiophene rings is 1. The number of hydrogen-bond donors (Lipinski definition) is 1. The predicted octanol–water partition coefficient (Wildman–Crippen LogP) is 3.14. The summed E-state index contributed by atoms with van der Waals surface area (Å²) in [7, 11) is 1.56. The maximum Gasteiger partial charge on any atom is 0.265 e. The first-order valence-electron chi connectivity index (χ1n) is 5.56. The average molecular weight is 276 g/mol. The molecule has 0 aliphatic carbocycles. The molecule has 0 spiro atoms. The van der Waals surface area contributed by atoms with Crippen LogP contribution in [0.4, 0.5) is 0 Å². The van der Waals surface area contributed by atoms with Crippen molar-refractivity contribution in [3.8, 4) is 5.75 Å². The van der Waals surface area contributed by atoms with Gasteiger partial charge < -0.3 is 10.1 Å². The molecule has 0 saturated carbocycles. The van der Waals surface area contributed by atoms with Crippen molar-refractivity contribution in [2.75, 3.05) is 13.0 Å². The highest BCUT2D eigenvalue weighted by molar-refractivity contribution is 7.12. The number of ether oxygens (including phenoxy) is 1. The van der Waals surface area contributed by atoms with Crippen LogP contribution in [0.1, 0.15) is 29.9 Å². The van der Waals surface area contributed by atoms with E-state index >= 15 is 0 Å². The summed E-state index contributed by atoms with van der Waals surface area (Å²) < 4.78 is 5.12. The third-order valence-corrected chi connectivity index (χ3v) is 3.60. The van der Waals surface area contributed by atoms with Crippen LogP contribution in [0.15, 0.2) is 11.4 Å². The Bertz CT molecular complexity index is 365. The molecule has 0 aliphatic heterocycles. The normalized spacial score (nSPS) is 12.5. The molecule has 1 N–H and O–H groups in total. The van der Waals surface area contributed by atoms with Gasteiger partial charge in [-0.3, -0.25) is 4.79 Å². The number of hydrogen-bond acceptors (Lipinski definition) is 3. The van der Waals surface area contributed by atoms with E-state index in [1.165, 1.54) is 11.3 Å². The van der Waals surface area contributed by atoms with Gasteiger partial charge in [0, 0.05) is 11.9 Å². The monoisotopic (exact) mass is 275 g/mol. The van der Waals surface area contributed by atoms with Crippen LogP contribution < -0.4 is 10.1 Å². The summed E-state index contributed by atoms with van der Waals surface area (Å²) in [5, 5.41) is 4.77. The first-order valence-corrected chi connectivity index (χ1v) is 6.98. The highest BCUT2D eigenvalue weighted by atomic mass is 35.5. The molecule has 1 unspecified atom stereocenters. The number of methoxy groups -OCH3 is 1. The molecular formula is C12H18ClNO2S. The molecule has 0 aromatic carbocycles. The number of nitrogens with one attached hydrogen (secondary N) is 1. The van der Waals surface area contributed by atoms with E-state index in [4.69, 9.17) is 16.3 Å². The Morgan fingerprint density at radius 3 is 2.82 bits per heavy atom. The molecule has 17 heavy (non-hydrogen) atoms. The average Bonchev–Trinajstić information content (AvgIpc) is 2.75. The highest BCUT2D eigenvalue weighted by Gasteiger charge is 2.18. The second-order valence-electron chi connectivity index (χ2n) is 4.27. The van der Waals surface area contributed by atoms with Crippen LogP contribution in [0.5, 0.6) is 5.75 Å². The first-order chi connectivity index (χ1) is 8.08. The van der Waals surface area contributed by atoms with Crippen molar-refractivity contribution in [2.45, 2.75) is 26.3 Å². The summed E-state index contributed by atoms with van der Waals surface area (Å²) in [5.74, 6) is 1.44. The molecule has 1 aromatic heterocycles.